The van der Waals surface area contributed by atoms with E-state index in [1.807, 2.05) is 24.3 Å². The van der Waals surface area contributed by atoms with Crippen LogP contribution in [-0.4, -0.2) is 36.4 Å². The number of hydrogen-bond acceptors (Lipinski definition) is 5. The maximum atomic E-state index is 14.2. The summed E-state index contributed by atoms with van der Waals surface area (Å²) in [5.74, 6) is -0.0319. The lowest BCUT2D eigenvalue weighted by atomic mass is 9.71. The van der Waals surface area contributed by atoms with Crippen LogP contribution in [0.4, 0.5) is 10.1 Å². The van der Waals surface area contributed by atoms with E-state index in [2.05, 4.69) is 34.1 Å². The summed E-state index contributed by atoms with van der Waals surface area (Å²) in [4.78, 5) is 11.1. The molecule has 8 nitrogen and oxygen atoms in total. The van der Waals surface area contributed by atoms with Gasteiger partial charge in [0.25, 0.3) is 10.0 Å². The van der Waals surface area contributed by atoms with Gasteiger partial charge in [-0.3, -0.25) is 4.72 Å². The maximum absolute atomic E-state index is 14.2. The van der Waals surface area contributed by atoms with Crippen LogP contribution >= 0.6 is 0 Å². The number of nitrogens with one attached hydrogen (secondary N) is 1. The van der Waals surface area contributed by atoms with Gasteiger partial charge in [-0.25, -0.2) is 22.3 Å². The maximum Gasteiger partial charge on any atom is 0.338 e. The van der Waals surface area contributed by atoms with Crippen LogP contribution in [0, 0.1) is 23.6 Å². The molecule has 4 aromatic rings. The van der Waals surface area contributed by atoms with Crippen molar-refractivity contribution in [1.82, 2.24) is 9.78 Å². The molecule has 3 unspecified atom stereocenters. The first-order valence-corrected chi connectivity index (χ1v) is 15.5. The van der Waals surface area contributed by atoms with Gasteiger partial charge in [-0.1, -0.05) is 36.4 Å². The van der Waals surface area contributed by atoms with Gasteiger partial charge >= 0.3 is 5.97 Å². The SMILES string of the molecule is COc1cc(C(=O)O)c(F)cc1NS(=O)(=O)c1cnn(-c2ccc(-c3ccc(C45CC6CC4C[C@@H](C6)C5)cc3)cc2)c1. The molecule has 216 valence electrons. The molecule has 4 bridgehead atoms. The first kappa shape index (κ1) is 26.7. The Kier molecular flexibility index (Phi) is 6.16. The van der Waals surface area contributed by atoms with E-state index in [1.54, 1.807) is 0 Å². The number of carboxylic acid groups (broad SMARTS) is 1. The molecule has 0 radical (unpaired) electrons. The number of rotatable bonds is 8. The van der Waals surface area contributed by atoms with E-state index >= 15 is 0 Å². The van der Waals surface area contributed by atoms with Crippen LogP contribution in [0.25, 0.3) is 16.8 Å². The minimum Gasteiger partial charge on any atom is -0.495 e. The lowest BCUT2D eigenvalue weighted by molar-refractivity contribution is 0.0691. The molecule has 0 aliphatic heterocycles. The number of anilines is 1. The monoisotopic (exact) mass is 587 g/mol. The van der Waals surface area contributed by atoms with Crippen LogP contribution in [0.15, 0.2) is 78.0 Å². The van der Waals surface area contributed by atoms with Crippen molar-refractivity contribution in [2.75, 3.05) is 11.8 Å². The van der Waals surface area contributed by atoms with Gasteiger partial charge < -0.3 is 9.84 Å². The Labute approximate surface area is 243 Å². The Morgan fingerprint density at radius 3 is 2.29 bits per heavy atom. The number of carbonyl (C=O) groups is 1. The van der Waals surface area contributed by atoms with Crippen LogP contribution in [0.3, 0.4) is 0 Å². The largest absolute Gasteiger partial charge is 0.495 e. The van der Waals surface area contributed by atoms with Crippen molar-refractivity contribution < 1.29 is 27.4 Å². The fourth-order valence-corrected chi connectivity index (χ4v) is 8.82. The first-order chi connectivity index (χ1) is 20.1. The molecule has 0 saturated heterocycles. The van der Waals surface area contributed by atoms with Crippen LogP contribution in [0.2, 0.25) is 0 Å². The molecular formula is C32H30FN3O5S. The standard InChI is InChI=1S/C32H30FN3O5S/c1-41-30-13-27(31(37)38)28(33)14-29(30)35-42(39,40)26-17-34-36(18-26)25-8-4-22(5-9-25)21-2-6-23(7-3-21)32-15-19-10-20(16-32)12-24(32)11-19/h2-9,13-14,17-20,24,35H,10-12,15-16H2,1H3,(H,37,38)/t19-,20?,24?,32?/m1/s1. The molecule has 4 atom stereocenters. The number of benzene rings is 3. The van der Waals surface area contributed by atoms with Crippen molar-refractivity contribution >= 4 is 21.7 Å². The van der Waals surface area contributed by atoms with E-state index in [1.165, 1.54) is 61.9 Å². The number of halogens is 1. The predicted octanol–water partition coefficient (Wildman–Crippen LogP) is 6.26. The summed E-state index contributed by atoms with van der Waals surface area (Å²) in [5.41, 5.74) is 3.89. The lowest BCUT2D eigenvalue weighted by Crippen LogP contribution is -2.27. The molecule has 0 amide bonds. The molecule has 8 rings (SSSR count). The summed E-state index contributed by atoms with van der Waals surface area (Å²) in [7, 11) is -2.95. The van der Waals surface area contributed by atoms with Crippen molar-refractivity contribution in [2.45, 2.75) is 42.4 Å². The second-order valence-corrected chi connectivity index (χ2v) is 13.6. The zero-order chi connectivity index (χ0) is 29.2. The van der Waals surface area contributed by atoms with Gasteiger partial charge in [-0.15, -0.1) is 0 Å². The molecule has 42 heavy (non-hydrogen) atoms. The van der Waals surface area contributed by atoms with E-state index < -0.39 is 27.4 Å². The number of aromatic carboxylic acids is 1. The molecule has 4 aliphatic carbocycles. The van der Waals surface area contributed by atoms with Gasteiger partial charge in [0.1, 0.15) is 16.5 Å². The van der Waals surface area contributed by atoms with Crippen LogP contribution in [0.5, 0.6) is 5.75 Å². The molecular weight excluding hydrogens is 557 g/mol. The minimum atomic E-state index is -4.18. The van der Waals surface area contributed by atoms with Crippen molar-refractivity contribution in [2.24, 2.45) is 17.8 Å². The Balaban J connectivity index is 1.08. The molecule has 4 saturated carbocycles. The second kappa shape index (κ2) is 9.69. The quantitative estimate of drug-likeness (QED) is 0.252. The summed E-state index contributed by atoms with van der Waals surface area (Å²) < 4.78 is 49.1. The number of ether oxygens (including phenoxy) is 1. The zero-order valence-corrected chi connectivity index (χ0v) is 23.8. The molecule has 3 aromatic carbocycles. The van der Waals surface area contributed by atoms with Gasteiger partial charge in [-0.05, 0) is 90.2 Å². The fraction of sp³-hybridized carbons (Fsp3) is 0.312. The second-order valence-electron chi connectivity index (χ2n) is 11.9. The normalized spacial score (nSPS) is 24.2. The third kappa shape index (κ3) is 4.36. The van der Waals surface area contributed by atoms with E-state index in [-0.39, 0.29) is 16.3 Å². The number of sulfonamides is 1. The zero-order valence-electron chi connectivity index (χ0n) is 23.0. The van der Waals surface area contributed by atoms with E-state index in [4.69, 9.17) is 9.84 Å². The van der Waals surface area contributed by atoms with Crippen molar-refractivity contribution in [1.29, 1.82) is 0 Å². The molecule has 0 spiro atoms. The molecule has 10 heteroatoms. The van der Waals surface area contributed by atoms with Crippen LogP contribution < -0.4 is 9.46 Å². The highest BCUT2D eigenvalue weighted by Crippen LogP contribution is 2.65. The van der Waals surface area contributed by atoms with E-state index in [0.717, 1.165) is 41.0 Å². The molecule has 1 heterocycles. The van der Waals surface area contributed by atoms with Gasteiger partial charge in [0.15, 0.2) is 0 Å². The number of nitrogens with zero attached hydrogens (tertiary/aromatic N) is 2. The summed E-state index contributed by atoms with van der Waals surface area (Å²) in [6.45, 7) is 0. The summed E-state index contributed by atoms with van der Waals surface area (Å²) in [6.07, 6.45) is 9.47. The Bertz CT molecular complexity index is 1790. The van der Waals surface area contributed by atoms with Gasteiger partial charge in [-0.2, -0.15) is 5.10 Å². The van der Waals surface area contributed by atoms with Crippen LogP contribution in [-0.2, 0) is 15.4 Å². The van der Waals surface area contributed by atoms with E-state index in [9.17, 15) is 17.6 Å². The summed E-state index contributed by atoms with van der Waals surface area (Å²) in [6, 6.07) is 18.5. The van der Waals surface area contributed by atoms with Crippen molar-refractivity contribution in [3.05, 3.63) is 90.0 Å². The number of methoxy groups -OCH3 is 1. The third-order valence-corrected chi connectivity index (χ3v) is 10.9. The van der Waals surface area contributed by atoms with Crippen molar-refractivity contribution in [3.63, 3.8) is 0 Å². The van der Waals surface area contributed by atoms with Gasteiger partial charge in [0.2, 0.25) is 0 Å². The highest BCUT2D eigenvalue weighted by atomic mass is 32.2. The summed E-state index contributed by atoms with van der Waals surface area (Å²) in [5, 5.41) is 13.3. The molecule has 2 N–H and O–H groups in total. The average molecular weight is 588 g/mol. The highest BCUT2D eigenvalue weighted by Gasteiger charge is 2.58. The van der Waals surface area contributed by atoms with Gasteiger partial charge in [0, 0.05) is 6.07 Å². The Morgan fingerprint density at radius 2 is 1.67 bits per heavy atom. The summed E-state index contributed by atoms with van der Waals surface area (Å²) >= 11 is 0. The van der Waals surface area contributed by atoms with Gasteiger partial charge in [0.05, 0.1) is 36.4 Å². The molecule has 1 aromatic heterocycles. The Hall–Kier alpha value is -4.18. The average Bonchev–Trinajstić information content (AvgIpc) is 3.64. The lowest BCUT2D eigenvalue weighted by Gasteiger charge is -2.33. The fourth-order valence-electron chi connectivity index (χ4n) is 7.82. The number of carboxylic acids is 1. The molecule has 4 aliphatic rings. The number of hydrogen-bond donors (Lipinski definition) is 2. The highest BCUT2D eigenvalue weighted by molar-refractivity contribution is 7.92. The first-order valence-electron chi connectivity index (χ1n) is 14.0. The van der Waals surface area contributed by atoms with E-state index in [0.29, 0.717) is 11.1 Å². The minimum absolute atomic E-state index is 0.129. The van der Waals surface area contributed by atoms with Crippen molar-refractivity contribution in [3.8, 4) is 22.6 Å². The molecule has 4 fully saturated rings. The van der Waals surface area contributed by atoms with Crippen LogP contribution in [0.1, 0.15) is 48.0 Å². The smallest absolute Gasteiger partial charge is 0.338 e. The Morgan fingerprint density at radius 1 is 1.02 bits per heavy atom. The third-order valence-electron chi connectivity index (χ3n) is 9.55. The topological polar surface area (TPSA) is 111 Å². The number of aromatic nitrogens is 2. The predicted molar refractivity (Wildman–Crippen MR) is 155 cm³/mol.